The van der Waals surface area contributed by atoms with Crippen molar-refractivity contribution in [3.05, 3.63) is 18.1 Å². The number of carboxylic acid groups (broad SMARTS) is 1. The van der Waals surface area contributed by atoms with Crippen molar-refractivity contribution in [2.75, 3.05) is 5.32 Å². The van der Waals surface area contributed by atoms with Crippen LogP contribution in [0.25, 0.3) is 0 Å². The predicted octanol–water partition coefficient (Wildman–Crippen LogP) is 0.701. The highest BCUT2D eigenvalue weighted by molar-refractivity contribution is 5.80. The molecule has 1 aliphatic heterocycles. The zero-order valence-corrected chi connectivity index (χ0v) is 5.70. The summed E-state index contributed by atoms with van der Waals surface area (Å²) in [6, 6.07) is 1.23. The van der Waals surface area contributed by atoms with Gasteiger partial charge in [0.15, 0.2) is 0 Å². The van der Waals surface area contributed by atoms with Gasteiger partial charge in [-0.2, -0.15) is 0 Å². The number of rotatable bonds is 1. The molecule has 1 aromatic rings. The maximum atomic E-state index is 10.5. The molecule has 0 radical (unpaired) electrons. The Morgan fingerprint density at radius 2 is 2.64 bits per heavy atom. The number of furan rings is 1. The summed E-state index contributed by atoms with van der Waals surface area (Å²) in [5.74, 6) is -0.103. The van der Waals surface area contributed by atoms with Gasteiger partial charge in [0, 0.05) is 6.42 Å². The highest BCUT2D eigenvalue weighted by Gasteiger charge is 2.28. The van der Waals surface area contributed by atoms with E-state index in [9.17, 15) is 4.79 Å². The van der Waals surface area contributed by atoms with E-state index < -0.39 is 12.0 Å². The molecule has 2 rings (SSSR count). The fourth-order valence-electron chi connectivity index (χ4n) is 1.20. The smallest absolute Gasteiger partial charge is 0.326 e. The summed E-state index contributed by atoms with van der Waals surface area (Å²) in [5, 5.41) is 11.4. The molecule has 1 aliphatic rings. The maximum absolute atomic E-state index is 10.5. The van der Waals surface area contributed by atoms with Gasteiger partial charge in [-0.25, -0.2) is 4.79 Å². The lowest BCUT2D eigenvalue weighted by atomic mass is 10.2. The van der Waals surface area contributed by atoms with Gasteiger partial charge in [0.25, 0.3) is 0 Å². The number of carbonyl (C=O) groups is 1. The average Bonchev–Trinajstić information content (AvgIpc) is 2.40. The molecule has 58 valence electrons. The molecule has 0 fully saturated rings. The molecule has 0 saturated carbocycles. The van der Waals surface area contributed by atoms with Crippen LogP contribution in [0.2, 0.25) is 0 Å². The predicted molar refractivity (Wildman–Crippen MR) is 37.5 cm³/mol. The van der Waals surface area contributed by atoms with Crippen LogP contribution in [0.15, 0.2) is 16.7 Å². The summed E-state index contributed by atoms with van der Waals surface area (Å²) in [4.78, 5) is 10.5. The maximum Gasteiger partial charge on any atom is 0.326 e. The first-order chi connectivity index (χ1) is 5.27. The minimum atomic E-state index is -0.837. The van der Waals surface area contributed by atoms with E-state index in [0.29, 0.717) is 6.42 Å². The van der Waals surface area contributed by atoms with Gasteiger partial charge in [0.1, 0.15) is 11.8 Å². The number of carboxylic acids is 1. The number of hydrogen-bond donors (Lipinski definition) is 2. The molecule has 4 heteroatoms. The molecule has 0 amide bonds. The summed E-state index contributed by atoms with van der Waals surface area (Å²) in [5.41, 5.74) is 0.803. The van der Waals surface area contributed by atoms with Crippen molar-refractivity contribution in [3.63, 3.8) is 0 Å². The fraction of sp³-hybridized carbons (Fsp3) is 0.286. The molecule has 0 spiro atoms. The first-order valence-electron chi connectivity index (χ1n) is 3.33. The van der Waals surface area contributed by atoms with Crippen LogP contribution in [0, 0.1) is 0 Å². The Kier molecular flexibility index (Phi) is 1.15. The molecular formula is C7H7NO3. The molecule has 1 aromatic heterocycles. The first-order valence-corrected chi connectivity index (χ1v) is 3.33. The van der Waals surface area contributed by atoms with Crippen LogP contribution in [0.4, 0.5) is 5.69 Å². The molecule has 1 atom stereocenters. The van der Waals surface area contributed by atoms with Crippen molar-refractivity contribution in [1.82, 2.24) is 0 Å². The van der Waals surface area contributed by atoms with Crippen LogP contribution >= 0.6 is 0 Å². The molecule has 2 N–H and O–H groups in total. The lowest BCUT2D eigenvalue weighted by Crippen LogP contribution is -2.26. The Morgan fingerprint density at radius 3 is 3.27 bits per heavy atom. The Morgan fingerprint density at radius 1 is 1.82 bits per heavy atom. The van der Waals surface area contributed by atoms with Crippen LogP contribution in [-0.4, -0.2) is 17.1 Å². The first kappa shape index (κ1) is 6.27. The molecule has 4 nitrogen and oxygen atoms in total. The topological polar surface area (TPSA) is 62.5 Å². The quantitative estimate of drug-likeness (QED) is 0.623. The lowest BCUT2D eigenvalue weighted by molar-refractivity contribution is -0.137. The number of aliphatic carboxylic acids is 1. The largest absolute Gasteiger partial charge is 0.480 e. The van der Waals surface area contributed by atoms with E-state index in [0.717, 1.165) is 11.4 Å². The van der Waals surface area contributed by atoms with Gasteiger partial charge in [-0.05, 0) is 6.07 Å². The van der Waals surface area contributed by atoms with E-state index in [-0.39, 0.29) is 0 Å². The molecule has 11 heavy (non-hydrogen) atoms. The van der Waals surface area contributed by atoms with E-state index in [4.69, 9.17) is 9.52 Å². The highest BCUT2D eigenvalue weighted by Crippen LogP contribution is 2.26. The van der Waals surface area contributed by atoms with Crippen molar-refractivity contribution in [2.45, 2.75) is 12.5 Å². The van der Waals surface area contributed by atoms with E-state index in [1.807, 2.05) is 0 Å². The molecule has 2 heterocycles. The second-order valence-corrected chi connectivity index (χ2v) is 2.50. The summed E-state index contributed by atoms with van der Waals surface area (Å²) < 4.78 is 5.03. The molecule has 0 unspecified atom stereocenters. The van der Waals surface area contributed by atoms with Crippen LogP contribution in [0.5, 0.6) is 0 Å². The van der Waals surface area contributed by atoms with Crippen LogP contribution < -0.4 is 5.32 Å². The zero-order chi connectivity index (χ0) is 7.84. The second kappa shape index (κ2) is 2.02. The fourth-order valence-corrected chi connectivity index (χ4v) is 1.20. The van der Waals surface area contributed by atoms with Crippen molar-refractivity contribution < 1.29 is 14.3 Å². The Bertz CT molecular complexity index is 271. The molecule has 0 saturated heterocycles. The zero-order valence-electron chi connectivity index (χ0n) is 5.70. The average molecular weight is 153 g/mol. The van der Waals surface area contributed by atoms with Gasteiger partial charge in [-0.15, -0.1) is 0 Å². The summed E-state index contributed by atoms with van der Waals surface area (Å²) >= 11 is 0. The third-order valence-corrected chi connectivity index (χ3v) is 1.76. The van der Waals surface area contributed by atoms with E-state index in [1.165, 1.54) is 0 Å². The summed E-state index contributed by atoms with van der Waals surface area (Å²) in [6.07, 6.45) is 1.99. The van der Waals surface area contributed by atoms with Gasteiger partial charge >= 0.3 is 5.97 Å². The van der Waals surface area contributed by atoms with Gasteiger partial charge in [-0.3, -0.25) is 0 Å². The number of fused-ring (bicyclic) bond motifs is 1. The molecule has 0 aliphatic carbocycles. The molecule has 0 aromatic carbocycles. The SMILES string of the molecule is O=C(O)[C@H]1Cc2occc2N1. The van der Waals surface area contributed by atoms with Crippen molar-refractivity contribution in [2.24, 2.45) is 0 Å². The Hall–Kier alpha value is -1.45. The van der Waals surface area contributed by atoms with Crippen LogP contribution in [0.3, 0.4) is 0 Å². The van der Waals surface area contributed by atoms with Crippen molar-refractivity contribution in [3.8, 4) is 0 Å². The minimum absolute atomic E-state index is 0.442. The Balaban J connectivity index is 2.22. The van der Waals surface area contributed by atoms with Crippen LogP contribution in [-0.2, 0) is 11.2 Å². The van der Waals surface area contributed by atoms with Gasteiger partial charge in [-0.1, -0.05) is 0 Å². The van der Waals surface area contributed by atoms with Gasteiger partial charge < -0.3 is 14.8 Å². The highest BCUT2D eigenvalue weighted by atomic mass is 16.4. The summed E-state index contributed by atoms with van der Waals surface area (Å²) in [7, 11) is 0. The Labute approximate surface area is 62.8 Å². The van der Waals surface area contributed by atoms with Crippen molar-refractivity contribution in [1.29, 1.82) is 0 Å². The number of nitrogens with one attached hydrogen (secondary N) is 1. The summed E-state index contributed by atoms with van der Waals surface area (Å²) in [6.45, 7) is 0. The van der Waals surface area contributed by atoms with Gasteiger partial charge in [0.2, 0.25) is 0 Å². The standard InChI is InChI=1S/C7H7NO3/c9-7(10)5-3-6-4(8-5)1-2-11-6/h1-2,5,8H,3H2,(H,9,10)/t5-/m1/s1. The van der Waals surface area contributed by atoms with Crippen LogP contribution in [0.1, 0.15) is 5.76 Å². The monoisotopic (exact) mass is 153 g/mol. The number of anilines is 1. The number of hydrogen-bond acceptors (Lipinski definition) is 3. The van der Waals surface area contributed by atoms with E-state index >= 15 is 0 Å². The van der Waals surface area contributed by atoms with E-state index in [2.05, 4.69) is 5.32 Å². The lowest BCUT2D eigenvalue weighted by Gasteiger charge is -2.02. The third kappa shape index (κ3) is 0.869. The normalized spacial score (nSPS) is 20.9. The molecule has 0 bridgehead atoms. The second-order valence-electron chi connectivity index (χ2n) is 2.50. The van der Waals surface area contributed by atoms with E-state index in [1.54, 1.807) is 12.3 Å². The minimum Gasteiger partial charge on any atom is -0.480 e. The van der Waals surface area contributed by atoms with Gasteiger partial charge in [0.05, 0.1) is 12.0 Å². The third-order valence-electron chi connectivity index (χ3n) is 1.76. The molecular weight excluding hydrogens is 146 g/mol. The van der Waals surface area contributed by atoms with Crippen molar-refractivity contribution >= 4 is 11.7 Å².